The van der Waals surface area contributed by atoms with Gasteiger partial charge in [-0.15, -0.1) is 0 Å². The summed E-state index contributed by atoms with van der Waals surface area (Å²) in [5, 5.41) is 0. The molecule has 0 saturated carbocycles. The summed E-state index contributed by atoms with van der Waals surface area (Å²) in [6.07, 6.45) is 3.28. The third-order valence-electron chi connectivity index (χ3n) is 2.57. The number of nitrogen functional groups attached to an aromatic ring is 1. The molecule has 3 heteroatoms. The Bertz CT molecular complexity index is 492. The van der Waals surface area contributed by atoms with Crippen LogP contribution in [0.4, 0.5) is 5.69 Å². The molecule has 2 N–H and O–H groups in total. The number of nitrogens with two attached hydrogens (primary N) is 1. The number of nitrogens with zero attached hydrogens (tertiary/aromatic N) is 2. The van der Waals surface area contributed by atoms with Gasteiger partial charge in [-0.2, -0.15) is 0 Å². The van der Waals surface area contributed by atoms with Gasteiger partial charge in [0.2, 0.25) is 0 Å². The standard InChI is InChI=1S/C13H15N3/c1-8-4-9(2)12(10(3)5-8)13-15-6-11(14)7-16-13/h4-7H,14H2,1-3H3. The molecule has 0 aliphatic carbocycles. The fourth-order valence-electron chi connectivity index (χ4n) is 2.00. The molecule has 0 fully saturated rings. The van der Waals surface area contributed by atoms with E-state index in [1.165, 1.54) is 16.7 Å². The zero-order valence-corrected chi connectivity index (χ0v) is 9.78. The molecular weight excluding hydrogens is 198 g/mol. The number of hydrogen-bond donors (Lipinski definition) is 1. The van der Waals surface area contributed by atoms with Crippen LogP contribution in [0, 0.1) is 20.8 Å². The van der Waals surface area contributed by atoms with E-state index >= 15 is 0 Å². The van der Waals surface area contributed by atoms with Crippen LogP contribution in [0.3, 0.4) is 0 Å². The van der Waals surface area contributed by atoms with Crippen molar-refractivity contribution in [1.82, 2.24) is 9.97 Å². The van der Waals surface area contributed by atoms with Crippen LogP contribution in [0.5, 0.6) is 0 Å². The minimum atomic E-state index is 0.589. The van der Waals surface area contributed by atoms with E-state index in [0.717, 1.165) is 11.4 Å². The Kier molecular flexibility index (Phi) is 2.60. The zero-order valence-electron chi connectivity index (χ0n) is 9.78. The molecular formula is C13H15N3. The second-order valence-electron chi connectivity index (χ2n) is 4.11. The van der Waals surface area contributed by atoms with Crippen LogP contribution in [-0.4, -0.2) is 9.97 Å². The molecule has 1 aromatic carbocycles. The Morgan fingerprint density at radius 2 is 1.44 bits per heavy atom. The quantitative estimate of drug-likeness (QED) is 0.792. The lowest BCUT2D eigenvalue weighted by molar-refractivity contribution is 1.16. The van der Waals surface area contributed by atoms with Crippen molar-refractivity contribution >= 4 is 5.69 Å². The average molecular weight is 213 g/mol. The third-order valence-corrected chi connectivity index (χ3v) is 2.57. The molecule has 0 spiro atoms. The fourth-order valence-corrected chi connectivity index (χ4v) is 2.00. The minimum absolute atomic E-state index is 0.589. The van der Waals surface area contributed by atoms with E-state index in [4.69, 9.17) is 5.73 Å². The van der Waals surface area contributed by atoms with Crippen molar-refractivity contribution in [2.75, 3.05) is 5.73 Å². The van der Waals surface area contributed by atoms with Gasteiger partial charge in [-0.1, -0.05) is 17.7 Å². The van der Waals surface area contributed by atoms with E-state index in [2.05, 4.69) is 42.9 Å². The largest absolute Gasteiger partial charge is 0.396 e. The van der Waals surface area contributed by atoms with Crippen LogP contribution in [0.1, 0.15) is 16.7 Å². The van der Waals surface area contributed by atoms with E-state index in [1.54, 1.807) is 12.4 Å². The summed E-state index contributed by atoms with van der Waals surface area (Å²) in [6.45, 7) is 6.25. The van der Waals surface area contributed by atoms with Gasteiger partial charge in [-0.05, 0) is 31.9 Å². The van der Waals surface area contributed by atoms with Crippen LogP contribution >= 0.6 is 0 Å². The topological polar surface area (TPSA) is 51.8 Å². The van der Waals surface area contributed by atoms with Crippen molar-refractivity contribution in [2.24, 2.45) is 0 Å². The van der Waals surface area contributed by atoms with Crippen molar-refractivity contribution in [1.29, 1.82) is 0 Å². The Labute approximate surface area is 95.4 Å². The summed E-state index contributed by atoms with van der Waals surface area (Å²) >= 11 is 0. The second kappa shape index (κ2) is 3.93. The summed E-state index contributed by atoms with van der Waals surface area (Å²) in [7, 11) is 0. The van der Waals surface area contributed by atoms with E-state index < -0.39 is 0 Å². The molecule has 0 bridgehead atoms. The van der Waals surface area contributed by atoms with Crippen molar-refractivity contribution in [3.63, 3.8) is 0 Å². The normalized spacial score (nSPS) is 10.4. The summed E-state index contributed by atoms with van der Waals surface area (Å²) in [5.74, 6) is 0.740. The molecule has 1 heterocycles. The first-order valence-corrected chi connectivity index (χ1v) is 5.23. The van der Waals surface area contributed by atoms with Gasteiger partial charge in [0.1, 0.15) is 0 Å². The first kappa shape index (κ1) is 10.6. The van der Waals surface area contributed by atoms with E-state index in [-0.39, 0.29) is 0 Å². The monoisotopic (exact) mass is 213 g/mol. The van der Waals surface area contributed by atoms with Crippen LogP contribution in [-0.2, 0) is 0 Å². The molecule has 0 unspecified atom stereocenters. The van der Waals surface area contributed by atoms with Crippen molar-refractivity contribution < 1.29 is 0 Å². The molecule has 0 saturated heterocycles. The Hall–Kier alpha value is -1.90. The minimum Gasteiger partial charge on any atom is -0.396 e. The van der Waals surface area contributed by atoms with Gasteiger partial charge < -0.3 is 5.73 Å². The molecule has 2 rings (SSSR count). The molecule has 0 aliphatic rings. The van der Waals surface area contributed by atoms with Crippen LogP contribution in [0.2, 0.25) is 0 Å². The van der Waals surface area contributed by atoms with Gasteiger partial charge in [0.05, 0.1) is 18.1 Å². The number of rotatable bonds is 1. The number of anilines is 1. The first-order chi connectivity index (χ1) is 7.58. The summed E-state index contributed by atoms with van der Waals surface area (Å²) in [5.41, 5.74) is 10.9. The second-order valence-corrected chi connectivity index (χ2v) is 4.11. The van der Waals surface area contributed by atoms with Crippen LogP contribution in [0.15, 0.2) is 24.5 Å². The number of hydrogen-bond acceptors (Lipinski definition) is 3. The highest BCUT2D eigenvalue weighted by Crippen LogP contribution is 2.25. The first-order valence-electron chi connectivity index (χ1n) is 5.23. The maximum Gasteiger partial charge on any atom is 0.159 e. The highest BCUT2D eigenvalue weighted by Gasteiger charge is 2.08. The fraction of sp³-hybridized carbons (Fsp3) is 0.231. The third kappa shape index (κ3) is 1.89. The van der Waals surface area contributed by atoms with Gasteiger partial charge in [0, 0.05) is 5.56 Å². The molecule has 0 atom stereocenters. The van der Waals surface area contributed by atoms with E-state index in [0.29, 0.717) is 5.69 Å². The van der Waals surface area contributed by atoms with Crippen molar-refractivity contribution in [3.8, 4) is 11.4 Å². The smallest absolute Gasteiger partial charge is 0.159 e. The predicted octanol–water partition coefficient (Wildman–Crippen LogP) is 2.65. The molecule has 0 amide bonds. The van der Waals surface area contributed by atoms with Crippen LogP contribution in [0.25, 0.3) is 11.4 Å². The van der Waals surface area contributed by atoms with E-state index in [1.807, 2.05) is 0 Å². The van der Waals surface area contributed by atoms with Gasteiger partial charge in [-0.25, -0.2) is 9.97 Å². The molecule has 1 aromatic heterocycles. The number of benzene rings is 1. The van der Waals surface area contributed by atoms with Gasteiger partial charge >= 0.3 is 0 Å². The Morgan fingerprint density at radius 3 is 1.94 bits per heavy atom. The van der Waals surface area contributed by atoms with Crippen LogP contribution < -0.4 is 5.73 Å². The van der Waals surface area contributed by atoms with Gasteiger partial charge in [0.25, 0.3) is 0 Å². The highest BCUT2D eigenvalue weighted by atomic mass is 14.9. The molecule has 3 nitrogen and oxygen atoms in total. The molecule has 2 aromatic rings. The summed E-state index contributed by atoms with van der Waals surface area (Å²) < 4.78 is 0. The van der Waals surface area contributed by atoms with Crippen molar-refractivity contribution in [3.05, 3.63) is 41.2 Å². The maximum atomic E-state index is 5.58. The molecule has 0 aliphatic heterocycles. The summed E-state index contributed by atoms with van der Waals surface area (Å²) in [4.78, 5) is 8.53. The number of aryl methyl sites for hydroxylation is 3. The Balaban J connectivity index is 2.60. The lowest BCUT2D eigenvalue weighted by Gasteiger charge is -2.09. The highest BCUT2D eigenvalue weighted by molar-refractivity contribution is 5.65. The maximum absolute atomic E-state index is 5.58. The zero-order chi connectivity index (χ0) is 11.7. The van der Waals surface area contributed by atoms with E-state index in [9.17, 15) is 0 Å². The predicted molar refractivity (Wildman–Crippen MR) is 66.1 cm³/mol. The molecule has 16 heavy (non-hydrogen) atoms. The SMILES string of the molecule is Cc1cc(C)c(-c2ncc(N)cn2)c(C)c1. The average Bonchev–Trinajstić information content (AvgIpc) is 2.19. The lowest BCUT2D eigenvalue weighted by atomic mass is 9.99. The lowest BCUT2D eigenvalue weighted by Crippen LogP contribution is -1.96. The molecule has 0 radical (unpaired) electrons. The Morgan fingerprint density at radius 1 is 0.938 bits per heavy atom. The molecule has 82 valence electrons. The van der Waals surface area contributed by atoms with Crippen molar-refractivity contribution in [2.45, 2.75) is 20.8 Å². The number of aromatic nitrogens is 2. The van der Waals surface area contributed by atoms with Gasteiger partial charge in [-0.3, -0.25) is 0 Å². The van der Waals surface area contributed by atoms with Gasteiger partial charge in [0.15, 0.2) is 5.82 Å². The summed E-state index contributed by atoms with van der Waals surface area (Å²) in [6, 6.07) is 4.28.